The van der Waals surface area contributed by atoms with Gasteiger partial charge in [-0.2, -0.15) is 5.26 Å². The largest absolute Gasteiger partial charge is 0.392 e. The number of nitrogens with one attached hydrogen (secondary N) is 1. The first-order valence-electron chi connectivity index (χ1n) is 11.3. The molecular weight excluding hydrogens is 418 g/mol. The van der Waals surface area contributed by atoms with Crippen LogP contribution in [-0.2, 0) is 22.7 Å². The van der Waals surface area contributed by atoms with E-state index in [2.05, 4.69) is 21.2 Å². The Morgan fingerprint density at radius 3 is 2.39 bits per heavy atom. The summed E-state index contributed by atoms with van der Waals surface area (Å²) in [6.45, 7) is 4.51. The number of para-hydroxylation sites is 1. The minimum absolute atomic E-state index is 0.275. The van der Waals surface area contributed by atoms with E-state index in [0.29, 0.717) is 44.8 Å². The topological polar surface area (TPSA) is 99.9 Å². The molecule has 2 N–H and O–H groups in total. The molecule has 2 saturated heterocycles. The maximum Gasteiger partial charge on any atom is 0.312 e. The smallest absolute Gasteiger partial charge is 0.312 e. The number of hydrogen-bond acceptors (Lipinski definition) is 6. The van der Waals surface area contributed by atoms with Crippen LogP contribution < -0.4 is 10.2 Å². The maximum atomic E-state index is 12.7. The Hall–Kier alpha value is -3.41. The third-order valence-electron chi connectivity index (χ3n) is 6.33. The number of likely N-dealkylation sites (tertiary alicyclic amines) is 1. The molecule has 0 saturated carbocycles. The number of nitriles is 1. The van der Waals surface area contributed by atoms with Gasteiger partial charge in [-0.25, -0.2) is 0 Å². The molecule has 2 aromatic carbocycles. The van der Waals surface area contributed by atoms with Crippen LogP contribution >= 0.6 is 0 Å². The highest BCUT2D eigenvalue weighted by molar-refractivity contribution is 6.35. The van der Waals surface area contributed by atoms with Gasteiger partial charge in [0, 0.05) is 52.4 Å². The highest BCUT2D eigenvalue weighted by Crippen LogP contribution is 2.21. The number of carbonyl (C=O) groups excluding carboxylic acids is 2. The number of piperazine rings is 1. The van der Waals surface area contributed by atoms with Crippen molar-refractivity contribution >= 4 is 17.5 Å². The summed E-state index contributed by atoms with van der Waals surface area (Å²) in [5.41, 5.74) is 3.53. The summed E-state index contributed by atoms with van der Waals surface area (Å²) in [5.74, 6) is -1.13. The Morgan fingerprint density at radius 1 is 1.00 bits per heavy atom. The van der Waals surface area contributed by atoms with Crippen molar-refractivity contribution in [2.45, 2.75) is 25.6 Å². The minimum Gasteiger partial charge on any atom is -0.392 e. The number of rotatable bonds is 5. The molecule has 0 spiro atoms. The second-order valence-corrected chi connectivity index (χ2v) is 8.54. The lowest BCUT2D eigenvalue weighted by atomic mass is 10.1. The summed E-state index contributed by atoms with van der Waals surface area (Å²) in [4.78, 5) is 31.1. The van der Waals surface area contributed by atoms with Gasteiger partial charge in [-0.3, -0.25) is 14.5 Å². The van der Waals surface area contributed by atoms with Crippen molar-refractivity contribution in [3.8, 4) is 6.07 Å². The molecule has 8 heteroatoms. The molecule has 0 bridgehead atoms. The molecule has 2 aliphatic heterocycles. The van der Waals surface area contributed by atoms with E-state index < -0.39 is 11.8 Å². The van der Waals surface area contributed by atoms with Gasteiger partial charge in [0.2, 0.25) is 0 Å². The molecule has 0 aliphatic carbocycles. The standard InChI is InChI=1S/C25H29N5O3/c26-15-19-5-3-4-8-23(19)29-11-13-30(14-12-29)25(33)24(32)27-16-20-6-1-2-7-21(20)17-28-10-9-22(31)18-28/h1-8,22,31H,9-14,16-18H2,(H,27,32). The molecular formula is C25H29N5O3. The third kappa shape index (κ3) is 5.51. The van der Waals surface area contributed by atoms with E-state index in [1.54, 1.807) is 11.0 Å². The van der Waals surface area contributed by atoms with Gasteiger partial charge in [0.15, 0.2) is 0 Å². The van der Waals surface area contributed by atoms with Crippen LogP contribution in [0, 0.1) is 11.3 Å². The Balaban J connectivity index is 1.29. The van der Waals surface area contributed by atoms with Crippen molar-refractivity contribution in [1.82, 2.24) is 15.1 Å². The summed E-state index contributed by atoms with van der Waals surface area (Å²) in [6, 6.07) is 17.5. The zero-order valence-corrected chi connectivity index (χ0v) is 18.6. The van der Waals surface area contributed by atoms with Crippen LogP contribution in [0.15, 0.2) is 48.5 Å². The second kappa shape index (κ2) is 10.5. The lowest BCUT2D eigenvalue weighted by Gasteiger charge is -2.36. The van der Waals surface area contributed by atoms with Crippen molar-refractivity contribution in [3.63, 3.8) is 0 Å². The van der Waals surface area contributed by atoms with Gasteiger partial charge < -0.3 is 20.2 Å². The van der Waals surface area contributed by atoms with Crippen LogP contribution in [0.3, 0.4) is 0 Å². The Bertz CT molecular complexity index is 1040. The van der Waals surface area contributed by atoms with Gasteiger partial charge in [0.05, 0.1) is 17.4 Å². The van der Waals surface area contributed by atoms with E-state index in [1.807, 2.05) is 42.5 Å². The highest BCUT2D eigenvalue weighted by atomic mass is 16.3. The van der Waals surface area contributed by atoms with Gasteiger partial charge in [0.25, 0.3) is 0 Å². The monoisotopic (exact) mass is 447 g/mol. The molecule has 2 heterocycles. The van der Waals surface area contributed by atoms with Gasteiger partial charge in [-0.1, -0.05) is 36.4 Å². The molecule has 1 atom stereocenters. The molecule has 2 aliphatic rings. The first kappa shape index (κ1) is 22.8. The normalized spacial score (nSPS) is 18.7. The van der Waals surface area contributed by atoms with Crippen molar-refractivity contribution < 1.29 is 14.7 Å². The Kier molecular flexibility index (Phi) is 7.23. The van der Waals surface area contributed by atoms with Crippen LogP contribution in [0.4, 0.5) is 5.69 Å². The van der Waals surface area contributed by atoms with Gasteiger partial charge in [0.1, 0.15) is 6.07 Å². The fraction of sp³-hybridized carbons (Fsp3) is 0.400. The van der Waals surface area contributed by atoms with E-state index in [9.17, 15) is 20.0 Å². The highest BCUT2D eigenvalue weighted by Gasteiger charge is 2.27. The number of β-amino-alcohol motifs (C(OH)–C–C–N with tert-alkyl or cyclic N) is 1. The van der Waals surface area contributed by atoms with Crippen molar-refractivity contribution in [1.29, 1.82) is 5.26 Å². The average Bonchev–Trinajstić information content (AvgIpc) is 3.27. The molecule has 33 heavy (non-hydrogen) atoms. The fourth-order valence-corrected chi connectivity index (χ4v) is 4.47. The fourth-order valence-electron chi connectivity index (χ4n) is 4.47. The van der Waals surface area contributed by atoms with E-state index in [1.165, 1.54) is 0 Å². The number of hydrogen-bond donors (Lipinski definition) is 2. The molecule has 2 fully saturated rings. The lowest BCUT2D eigenvalue weighted by molar-refractivity contribution is -0.146. The molecule has 172 valence electrons. The number of anilines is 1. The van der Waals surface area contributed by atoms with Crippen LogP contribution in [-0.4, -0.2) is 72.1 Å². The van der Waals surface area contributed by atoms with E-state index in [-0.39, 0.29) is 12.6 Å². The first-order valence-corrected chi connectivity index (χ1v) is 11.3. The van der Waals surface area contributed by atoms with E-state index >= 15 is 0 Å². The predicted molar refractivity (Wildman–Crippen MR) is 124 cm³/mol. The lowest BCUT2D eigenvalue weighted by Crippen LogP contribution is -2.52. The predicted octanol–water partition coefficient (Wildman–Crippen LogP) is 1.09. The van der Waals surface area contributed by atoms with E-state index in [4.69, 9.17) is 0 Å². The summed E-state index contributed by atoms with van der Waals surface area (Å²) >= 11 is 0. The molecule has 0 radical (unpaired) electrons. The first-order chi connectivity index (χ1) is 16.0. The summed E-state index contributed by atoms with van der Waals surface area (Å²) < 4.78 is 0. The van der Waals surface area contributed by atoms with Gasteiger partial charge >= 0.3 is 11.8 Å². The van der Waals surface area contributed by atoms with Crippen molar-refractivity contribution in [2.75, 3.05) is 44.2 Å². The number of nitrogens with zero attached hydrogens (tertiary/aromatic N) is 4. The van der Waals surface area contributed by atoms with Crippen molar-refractivity contribution in [3.05, 3.63) is 65.2 Å². The summed E-state index contributed by atoms with van der Waals surface area (Å²) in [6.07, 6.45) is 0.506. The number of amides is 2. The Labute approximate surface area is 194 Å². The summed E-state index contributed by atoms with van der Waals surface area (Å²) in [7, 11) is 0. The third-order valence-corrected chi connectivity index (χ3v) is 6.33. The van der Waals surface area contributed by atoms with Crippen LogP contribution in [0.25, 0.3) is 0 Å². The SMILES string of the molecule is N#Cc1ccccc1N1CCN(C(=O)C(=O)NCc2ccccc2CN2CCC(O)C2)CC1. The Morgan fingerprint density at radius 2 is 1.70 bits per heavy atom. The zero-order chi connectivity index (χ0) is 23.2. The molecule has 4 rings (SSSR count). The number of aliphatic hydroxyl groups is 1. The zero-order valence-electron chi connectivity index (χ0n) is 18.6. The summed E-state index contributed by atoms with van der Waals surface area (Å²) in [5, 5.41) is 21.9. The van der Waals surface area contributed by atoms with Gasteiger partial charge in [-0.05, 0) is 29.7 Å². The molecule has 2 aromatic rings. The number of benzene rings is 2. The van der Waals surface area contributed by atoms with Crippen molar-refractivity contribution in [2.24, 2.45) is 0 Å². The molecule has 0 aromatic heterocycles. The quantitative estimate of drug-likeness (QED) is 0.666. The molecule has 2 amide bonds. The second-order valence-electron chi connectivity index (χ2n) is 8.54. The van der Waals surface area contributed by atoms with Crippen LogP contribution in [0.5, 0.6) is 0 Å². The van der Waals surface area contributed by atoms with Gasteiger partial charge in [-0.15, -0.1) is 0 Å². The van der Waals surface area contributed by atoms with E-state index in [0.717, 1.165) is 29.8 Å². The number of carbonyl (C=O) groups is 2. The molecule has 8 nitrogen and oxygen atoms in total. The van der Waals surface area contributed by atoms with Crippen LogP contribution in [0.1, 0.15) is 23.1 Å². The van der Waals surface area contributed by atoms with Crippen LogP contribution in [0.2, 0.25) is 0 Å². The molecule has 1 unspecified atom stereocenters. The minimum atomic E-state index is -0.604. The maximum absolute atomic E-state index is 12.7. The number of aliphatic hydroxyl groups excluding tert-OH is 1. The average molecular weight is 448 g/mol.